The maximum Gasteiger partial charge on any atom is 0.289 e. The highest BCUT2D eigenvalue weighted by atomic mass is 16.5. The van der Waals surface area contributed by atoms with Gasteiger partial charge in [0.15, 0.2) is 13.0 Å². The Morgan fingerprint density at radius 3 is 2.59 bits per heavy atom. The molecule has 9 nitrogen and oxygen atoms in total. The summed E-state index contributed by atoms with van der Waals surface area (Å²) in [7, 11) is 0. The molecule has 0 saturated heterocycles. The molecule has 2 aromatic heterocycles. The van der Waals surface area contributed by atoms with Crippen LogP contribution in [-0.2, 0) is 11.3 Å². The molecule has 0 spiro atoms. The smallest absolute Gasteiger partial charge is 0.289 e. The van der Waals surface area contributed by atoms with Crippen molar-refractivity contribution in [3.05, 3.63) is 83.4 Å². The first kappa shape index (κ1) is 22.8. The van der Waals surface area contributed by atoms with E-state index in [4.69, 9.17) is 13.6 Å². The van der Waals surface area contributed by atoms with Gasteiger partial charge in [0, 0.05) is 11.3 Å². The van der Waals surface area contributed by atoms with Gasteiger partial charge in [0.25, 0.3) is 11.8 Å². The maximum absolute atomic E-state index is 12.3. The van der Waals surface area contributed by atoms with Crippen LogP contribution in [0.4, 0.5) is 5.69 Å². The van der Waals surface area contributed by atoms with Crippen LogP contribution in [-0.4, -0.2) is 28.4 Å². The third kappa shape index (κ3) is 5.50. The lowest BCUT2D eigenvalue weighted by atomic mass is 10.2. The average Bonchev–Trinajstić information content (AvgIpc) is 3.42. The number of aromatic nitrogens is 2. The van der Waals surface area contributed by atoms with Crippen molar-refractivity contribution < 1.29 is 23.2 Å². The summed E-state index contributed by atoms with van der Waals surface area (Å²) in [5.74, 6) is 1.08. The minimum atomic E-state index is -0.378. The second kappa shape index (κ2) is 10.0. The SMILES string of the molecule is Cc1ccc(OCC(=O)Nc2cccc(-c3nc(CNC(=O)c4ocnc4C)c(C)o3)c2)cc1. The van der Waals surface area contributed by atoms with E-state index >= 15 is 0 Å². The highest BCUT2D eigenvalue weighted by Crippen LogP contribution is 2.24. The number of ether oxygens (including phenoxy) is 1. The second-order valence-corrected chi connectivity index (χ2v) is 7.70. The number of hydrogen-bond donors (Lipinski definition) is 2. The number of amides is 2. The predicted molar refractivity (Wildman–Crippen MR) is 124 cm³/mol. The normalized spacial score (nSPS) is 10.7. The van der Waals surface area contributed by atoms with Crippen LogP contribution in [0.2, 0.25) is 0 Å². The monoisotopic (exact) mass is 460 g/mol. The summed E-state index contributed by atoms with van der Waals surface area (Å²) in [6, 6.07) is 14.6. The molecule has 2 N–H and O–H groups in total. The van der Waals surface area contributed by atoms with Gasteiger partial charge in [0.05, 0.1) is 12.2 Å². The highest BCUT2D eigenvalue weighted by Gasteiger charge is 2.17. The molecular weight excluding hydrogens is 436 g/mol. The van der Waals surface area contributed by atoms with Crippen molar-refractivity contribution >= 4 is 17.5 Å². The molecule has 9 heteroatoms. The van der Waals surface area contributed by atoms with E-state index in [0.717, 1.165) is 5.56 Å². The van der Waals surface area contributed by atoms with Gasteiger partial charge in [0.1, 0.15) is 17.2 Å². The predicted octanol–water partition coefficient (Wildman–Crippen LogP) is 4.20. The molecule has 0 atom stereocenters. The zero-order valence-electron chi connectivity index (χ0n) is 19.0. The topological polar surface area (TPSA) is 119 Å². The number of anilines is 1. The summed E-state index contributed by atoms with van der Waals surface area (Å²) in [6.45, 7) is 5.50. The van der Waals surface area contributed by atoms with Gasteiger partial charge >= 0.3 is 0 Å². The molecule has 0 fully saturated rings. The first-order valence-corrected chi connectivity index (χ1v) is 10.6. The number of oxazole rings is 2. The second-order valence-electron chi connectivity index (χ2n) is 7.70. The van der Waals surface area contributed by atoms with E-state index in [2.05, 4.69) is 20.6 Å². The fraction of sp³-hybridized carbons (Fsp3) is 0.200. The number of hydrogen-bond acceptors (Lipinski definition) is 7. The van der Waals surface area contributed by atoms with Gasteiger partial charge in [-0.1, -0.05) is 23.8 Å². The third-order valence-electron chi connectivity index (χ3n) is 5.04. The summed E-state index contributed by atoms with van der Waals surface area (Å²) >= 11 is 0. The van der Waals surface area contributed by atoms with E-state index in [-0.39, 0.29) is 30.7 Å². The molecule has 34 heavy (non-hydrogen) atoms. The molecule has 2 amide bonds. The summed E-state index contributed by atoms with van der Waals surface area (Å²) in [4.78, 5) is 32.9. The molecule has 0 aliphatic heterocycles. The van der Waals surface area contributed by atoms with Crippen molar-refractivity contribution in [3.63, 3.8) is 0 Å². The Balaban J connectivity index is 1.37. The maximum atomic E-state index is 12.3. The van der Waals surface area contributed by atoms with E-state index in [0.29, 0.717) is 40.0 Å². The fourth-order valence-corrected chi connectivity index (χ4v) is 3.19. The average molecular weight is 460 g/mol. The molecule has 4 aromatic rings. The third-order valence-corrected chi connectivity index (χ3v) is 5.04. The molecule has 0 saturated carbocycles. The Labute approximate surface area is 196 Å². The first-order chi connectivity index (χ1) is 16.4. The number of nitrogens with zero attached hydrogens (tertiary/aromatic N) is 2. The molecule has 0 aliphatic carbocycles. The van der Waals surface area contributed by atoms with Crippen LogP contribution >= 0.6 is 0 Å². The van der Waals surface area contributed by atoms with Crippen LogP contribution in [0, 0.1) is 20.8 Å². The molecular formula is C25H24N4O5. The lowest BCUT2D eigenvalue weighted by Gasteiger charge is -2.08. The standard InChI is InChI=1S/C25H24N4O5/c1-15-7-9-20(10-8-15)32-13-22(30)28-19-6-4-5-18(11-19)25-29-21(17(3)34-25)12-26-24(31)23-16(2)27-14-33-23/h4-11,14H,12-13H2,1-3H3,(H,26,31)(H,28,30). The van der Waals surface area contributed by atoms with Gasteiger partial charge in [-0.05, 0) is 51.1 Å². The Bertz CT molecular complexity index is 1310. The number of aryl methyl sites for hydroxylation is 3. The number of nitrogens with one attached hydrogen (secondary N) is 2. The molecule has 0 bridgehead atoms. The molecule has 0 radical (unpaired) electrons. The number of rotatable bonds is 8. The number of carbonyl (C=O) groups is 2. The van der Waals surface area contributed by atoms with Crippen LogP contribution < -0.4 is 15.4 Å². The van der Waals surface area contributed by atoms with Crippen molar-refractivity contribution in [1.82, 2.24) is 15.3 Å². The molecule has 2 heterocycles. The van der Waals surface area contributed by atoms with Gasteiger partial charge in [0.2, 0.25) is 11.7 Å². The van der Waals surface area contributed by atoms with E-state index in [9.17, 15) is 9.59 Å². The van der Waals surface area contributed by atoms with Crippen LogP contribution in [0.5, 0.6) is 5.75 Å². The van der Waals surface area contributed by atoms with Gasteiger partial charge in [-0.2, -0.15) is 0 Å². The van der Waals surface area contributed by atoms with Crippen molar-refractivity contribution in [2.75, 3.05) is 11.9 Å². The summed E-state index contributed by atoms with van der Waals surface area (Å²) < 4.78 is 16.4. The van der Waals surface area contributed by atoms with Gasteiger partial charge in [-0.3, -0.25) is 9.59 Å². The fourth-order valence-electron chi connectivity index (χ4n) is 3.19. The quantitative estimate of drug-likeness (QED) is 0.404. The minimum Gasteiger partial charge on any atom is -0.484 e. The Kier molecular flexibility index (Phi) is 6.72. The minimum absolute atomic E-state index is 0.111. The molecule has 0 aliphatic rings. The van der Waals surface area contributed by atoms with E-state index in [1.165, 1.54) is 6.39 Å². The lowest BCUT2D eigenvalue weighted by molar-refractivity contribution is -0.118. The van der Waals surface area contributed by atoms with Crippen molar-refractivity contribution in [2.24, 2.45) is 0 Å². The largest absolute Gasteiger partial charge is 0.484 e. The molecule has 0 unspecified atom stereocenters. The highest BCUT2D eigenvalue weighted by molar-refractivity contribution is 5.93. The number of carbonyl (C=O) groups excluding carboxylic acids is 2. The zero-order valence-corrected chi connectivity index (χ0v) is 19.0. The Hall–Kier alpha value is -4.40. The van der Waals surface area contributed by atoms with Crippen molar-refractivity contribution in [1.29, 1.82) is 0 Å². The van der Waals surface area contributed by atoms with E-state index < -0.39 is 0 Å². The number of benzene rings is 2. The van der Waals surface area contributed by atoms with E-state index in [1.54, 1.807) is 32.0 Å². The lowest BCUT2D eigenvalue weighted by Crippen LogP contribution is -2.23. The van der Waals surface area contributed by atoms with Gasteiger partial charge in [-0.15, -0.1) is 0 Å². The van der Waals surface area contributed by atoms with Crippen LogP contribution in [0.1, 0.15) is 33.3 Å². The molecule has 2 aromatic carbocycles. The molecule has 4 rings (SSSR count). The van der Waals surface area contributed by atoms with Crippen LogP contribution in [0.3, 0.4) is 0 Å². The summed E-state index contributed by atoms with van der Waals surface area (Å²) in [5, 5.41) is 5.56. The molecule has 174 valence electrons. The first-order valence-electron chi connectivity index (χ1n) is 10.6. The van der Waals surface area contributed by atoms with Gasteiger partial charge < -0.3 is 24.2 Å². The summed E-state index contributed by atoms with van der Waals surface area (Å²) in [5.41, 5.74) is 3.48. The van der Waals surface area contributed by atoms with Gasteiger partial charge in [-0.25, -0.2) is 9.97 Å². The van der Waals surface area contributed by atoms with E-state index in [1.807, 2.05) is 37.3 Å². The van der Waals surface area contributed by atoms with Crippen molar-refractivity contribution in [2.45, 2.75) is 27.3 Å². The Morgan fingerprint density at radius 2 is 1.85 bits per heavy atom. The van der Waals surface area contributed by atoms with Crippen LogP contribution in [0.15, 0.2) is 63.8 Å². The zero-order chi connectivity index (χ0) is 24.1. The van der Waals surface area contributed by atoms with Crippen molar-refractivity contribution in [3.8, 4) is 17.2 Å². The Morgan fingerprint density at radius 1 is 1.06 bits per heavy atom. The summed E-state index contributed by atoms with van der Waals surface area (Å²) in [6.07, 6.45) is 1.23. The van der Waals surface area contributed by atoms with Crippen LogP contribution in [0.25, 0.3) is 11.5 Å².